The lowest BCUT2D eigenvalue weighted by Gasteiger charge is -2.13. The standard InChI is InChI=1S/C27H24N4O2/c1-2-26(32)30-15-13-21(17-30)23-16-25(31-18-28-14-12-24(23)31)19-8-10-20(11-9-19)27(33)29-22-6-4-3-5-7-22/h2-12,14,16,18,21H,1,13,15,17H2,(H,29,33). The Hall–Kier alpha value is -4.19. The van der Waals surface area contributed by atoms with E-state index >= 15 is 0 Å². The van der Waals surface area contributed by atoms with Gasteiger partial charge in [-0.05, 0) is 60.0 Å². The summed E-state index contributed by atoms with van der Waals surface area (Å²) in [5, 5.41) is 2.91. The fraction of sp³-hybridized carbons (Fsp3) is 0.148. The Morgan fingerprint density at radius 1 is 1.06 bits per heavy atom. The van der Waals surface area contributed by atoms with E-state index in [0.29, 0.717) is 12.1 Å². The normalized spacial score (nSPS) is 15.5. The van der Waals surface area contributed by atoms with Gasteiger partial charge in [0.15, 0.2) is 0 Å². The number of carbonyl (C=O) groups is 2. The molecule has 6 nitrogen and oxygen atoms in total. The van der Waals surface area contributed by atoms with Gasteiger partial charge >= 0.3 is 0 Å². The number of aromatic nitrogens is 2. The van der Waals surface area contributed by atoms with Crippen LogP contribution in [0, 0.1) is 0 Å². The van der Waals surface area contributed by atoms with E-state index in [9.17, 15) is 9.59 Å². The van der Waals surface area contributed by atoms with Gasteiger partial charge in [-0.2, -0.15) is 0 Å². The summed E-state index contributed by atoms with van der Waals surface area (Å²) in [5.74, 6) is 0.0938. The molecule has 1 N–H and O–H groups in total. The Morgan fingerprint density at radius 2 is 1.85 bits per heavy atom. The molecular formula is C27H24N4O2. The zero-order valence-electron chi connectivity index (χ0n) is 18.1. The number of rotatable bonds is 5. The molecule has 0 radical (unpaired) electrons. The third-order valence-corrected chi connectivity index (χ3v) is 6.20. The van der Waals surface area contributed by atoms with Crippen LogP contribution in [0.15, 0.2) is 91.9 Å². The number of hydrogen-bond donors (Lipinski definition) is 1. The smallest absolute Gasteiger partial charge is 0.255 e. The summed E-state index contributed by atoms with van der Waals surface area (Å²) in [4.78, 5) is 30.8. The molecule has 0 spiro atoms. The summed E-state index contributed by atoms with van der Waals surface area (Å²) in [6.45, 7) is 5.03. The van der Waals surface area contributed by atoms with Gasteiger partial charge in [-0.25, -0.2) is 4.98 Å². The van der Waals surface area contributed by atoms with E-state index in [1.807, 2.05) is 71.9 Å². The summed E-state index contributed by atoms with van der Waals surface area (Å²) in [6, 6.07) is 21.2. The largest absolute Gasteiger partial charge is 0.339 e. The zero-order chi connectivity index (χ0) is 22.8. The van der Waals surface area contributed by atoms with Gasteiger partial charge in [0.25, 0.3) is 5.91 Å². The number of nitrogens with zero attached hydrogens (tertiary/aromatic N) is 3. The number of nitrogens with one attached hydrogen (secondary N) is 1. The average molecular weight is 437 g/mol. The van der Waals surface area contributed by atoms with E-state index < -0.39 is 0 Å². The number of para-hydroxylation sites is 1. The van der Waals surface area contributed by atoms with Crippen molar-refractivity contribution >= 4 is 23.0 Å². The van der Waals surface area contributed by atoms with Crippen LogP contribution in [0.4, 0.5) is 5.69 Å². The summed E-state index contributed by atoms with van der Waals surface area (Å²) in [6.07, 6.45) is 5.90. The van der Waals surface area contributed by atoms with Crippen LogP contribution in [-0.2, 0) is 4.79 Å². The molecule has 2 aromatic heterocycles. The SMILES string of the molecule is C=CC(=O)N1CCC(c2cc(-c3ccc(C(=O)Nc4ccccc4)cc3)n3cnccc23)C1. The van der Waals surface area contributed by atoms with Gasteiger partial charge in [0.2, 0.25) is 5.91 Å². The molecule has 0 bridgehead atoms. The Labute approximate surface area is 192 Å². The summed E-state index contributed by atoms with van der Waals surface area (Å²) in [5.41, 5.74) is 5.66. The maximum absolute atomic E-state index is 12.6. The molecule has 164 valence electrons. The van der Waals surface area contributed by atoms with Crippen LogP contribution < -0.4 is 5.32 Å². The van der Waals surface area contributed by atoms with Crippen LogP contribution in [0.3, 0.4) is 0 Å². The van der Waals surface area contributed by atoms with Crippen LogP contribution >= 0.6 is 0 Å². The van der Waals surface area contributed by atoms with Crippen molar-refractivity contribution in [3.8, 4) is 11.3 Å². The van der Waals surface area contributed by atoms with Crippen molar-refractivity contribution in [3.63, 3.8) is 0 Å². The molecule has 1 atom stereocenters. The minimum atomic E-state index is -0.145. The molecule has 6 heteroatoms. The van der Waals surface area contributed by atoms with Gasteiger partial charge in [0.05, 0.1) is 17.5 Å². The molecular weight excluding hydrogens is 412 g/mol. The highest BCUT2D eigenvalue weighted by Gasteiger charge is 2.28. The number of fused-ring (bicyclic) bond motifs is 1. The Kier molecular flexibility index (Phi) is 5.48. The average Bonchev–Trinajstić information content (AvgIpc) is 3.50. The molecule has 0 saturated carbocycles. The molecule has 1 fully saturated rings. The Bertz CT molecular complexity index is 1330. The van der Waals surface area contributed by atoms with Crippen molar-refractivity contribution in [2.45, 2.75) is 12.3 Å². The van der Waals surface area contributed by atoms with Crippen molar-refractivity contribution in [2.75, 3.05) is 18.4 Å². The minimum Gasteiger partial charge on any atom is -0.339 e. The number of amides is 2. The Morgan fingerprint density at radius 3 is 2.61 bits per heavy atom. The van der Waals surface area contributed by atoms with Crippen molar-refractivity contribution in [3.05, 3.63) is 103 Å². The summed E-state index contributed by atoms with van der Waals surface area (Å²) in [7, 11) is 0. The first-order valence-corrected chi connectivity index (χ1v) is 11.0. The summed E-state index contributed by atoms with van der Waals surface area (Å²) >= 11 is 0. The number of anilines is 1. The maximum Gasteiger partial charge on any atom is 0.255 e. The molecule has 3 heterocycles. The topological polar surface area (TPSA) is 66.7 Å². The molecule has 1 aliphatic heterocycles. The molecule has 1 unspecified atom stereocenters. The fourth-order valence-electron chi connectivity index (χ4n) is 4.49. The quantitative estimate of drug-likeness (QED) is 0.459. The molecule has 2 amide bonds. The summed E-state index contributed by atoms with van der Waals surface area (Å²) < 4.78 is 2.08. The van der Waals surface area contributed by atoms with Crippen molar-refractivity contribution in [2.24, 2.45) is 0 Å². The van der Waals surface area contributed by atoms with Gasteiger partial charge in [-0.3, -0.25) is 9.59 Å². The van der Waals surface area contributed by atoms with Crippen molar-refractivity contribution in [1.82, 2.24) is 14.3 Å². The zero-order valence-corrected chi connectivity index (χ0v) is 18.1. The van der Waals surface area contributed by atoms with Gasteiger partial charge in [0.1, 0.15) is 0 Å². The predicted molar refractivity (Wildman–Crippen MR) is 129 cm³/mol. The second-order valence-corrected chi connectivity index (χ2v) is 8.19. The first kappa shape index (κ1) is 20.7. The minimum absolute atomic E-state index is 0.0210. The third kappa shape index (κ3) is 4.03. The molecule has 4 aromatic rings. The molecule has 5 rings (SSSR count). The van der Waals surface area contributed by atoms with Gasteiger partial charge in [-0.15, -0.1) is 0 Å². The molecule has 33 heavy (non-hydrogen) atoms. The fourth-order valence-corrected chi connectivity index (χ4v) is 4.49. The third-order valence-electron chi connectivity index (χ3n) is 6.20. The van der Waals surface area contributed by atoms with Gasteiger partial charge in [-0.1, -0.05) is 36.9 Å². The second-order valence-electron chi connectivity index (χ2n) is 8.19. The lowest BCUT2D eigenvalue weighted by molar-refractivity contribution is -0.125. The monoisotopic (exact) mass is 436 g/mol. The van der Waals surface area contributed by atoms with E-state index in [2.05, 4.69) is 27.3 Å². The molecule has 0 aliphatic carbocycles. The number of likely N-dealkylation sites (tertiary alicyclic amines) is 1. The van der Waals surface area contributed by atoms with E-state index in [-0.39, 0.29) is 17.7 Å². The Balaban J connectivity index is 1.43. The van der Waals surface area contributed by atoms with Crippen molar-refractivity contribution < 1.29 is 9.59 Å². The molecule has 1 saturated heterocycles. The van der Waals surface area contributed by atoms with E-state index in [1.54, 1.807) is 6.20 Å². The second kappa shape index (κ2) is 8.74. The lowest BCUT2D eigenvalue weighted by Crippen LogP contribution is -2.26. The predicted octanol–water partition coefficient (Wildman–Crippen LogP) is 4.76. The van der Waals surface area contributed by atoms with Crippen LogP contribution in [0.5, 0.6) is 0 Å². The van der Waals surface area contributed by atoms with Crippen LogP contribution in [-0.4, -0.2) is 39.2 Å². The first-order chi connectivity index (χ1) is 16.1. The highest BCUT2D eigenvalue weighted by Crippen LogP contribution is 2.35. The number of benzene rings is 2. The van der Waals surface area contributed by atoms with Crippen LogP contribution in [0.25, 0.3) is 16.8 Å². The first-order valence-electron chi connectivity index (χ1n) is 11.0. The van der Waals surface area contributed by atoms with E-state index in [4.69, 9.17) is 0 Å². The molecule has 2 aromatic carbocycles. The van der Waals surface area contributed by atoms with Crippen LogP contribution in [0.1, 0.15) is 28.3 Å². The van der Waals surface area contributed by atoms with Crippen LogP contribution in [0.2, 0.25) is 0 Å². The number of carbonyl (C=O) groups excluding carboxylic acids is 2. The number of hydrogen-bond acceptors (Lipinski definition) is 3. The van der Waals surface area contributed by atoms with E-state index in [0.717, 1.165) is 35.4 Å². The van der Waals surface area contributed by atoms with E-state index in [1.165, 1.54) is 11.6 Å². The molecule has 1 aliphatic rings. The highest BCUT2D eigenvalue weighted by molar-refractivity contribution is 6.04. The maximum atomic E-state index is 12.6. The van der Waals surface area contributed by atoms with Crippen molar-refractivity contribution in [1.29, 1.82) is 0 Å². The highest BCUT2D eigenvalue weighted by atomic mass is 16.2. The van der Waals surface area contributed by atoms with Gasteiger partial charge in [0, 0.05) is 36.5 Å². The van der Waals surface area contributed by atoms with Gasteiger partial charge < -0.3 is 14.6 Å². The lowest BCUT2D eigenvalue weighted by atomic mass is 9.98.